The van der Waals surface area contributed by atoms with E-state index in [0.717, 1.165) is 0 Å². The number of carbonyl (C=O) groups is 1. The third kappa shape index (κ3) is 3.16. The lowest BCUT2D eigenvalue weighted by atomic mass is 10.0. The minimum Gasteiger partial charge on any atom is -0.347 e. The van der Waals surface area contributed by atoms with Gasteiger partial charge in [-0.25, -0.2) is 0 Å². The molecule has 96 valence electrons. The second-order valence-electron chi connectivity index (χ2n) is 4.46. The fourth-order valence-electron chi connectivity index (χ4n) is 1.60. The highest BCUT2D eigenvalue weighted by Gasteiger charge is 2.18. The maximum Gasteiger partial charge on any atom is 0.252 e. The van der Waals surface area contributed by atoms with Crippen LogP contribution in [0.3, 0.4) is 0 Å². The molecule has 0 aromatic carbocycles. The third-order valence-electron chi connectivity index (χ3n) is 2.76. The quantitative estimate of drug-likeness (QED) is 0.895. The van der Waals surface area contributed by atoms with E-state index in [9.17, 15) is 4.79 Å². The van der Waals surface area contributed by atoms with Crippen LogP contribution >= 0.6 is 11.3 Å². The molecule has 18 heavy (non-hydrogen) atoms. The molecule has 6 heteroatoms. The number of aromatic nitrogens is 3. The Morgan fingerprint density at radius 1 is 1.56 bits per heavy atom. The van der Waals surface area contributed by atoms with Crippen LogP contribution in [0.25, 0.3) is 0 Å². The maximum atomic E-state index is 12.0. The Bertz CT molecular complexity index is 478. The van der Waals surface area contributed by atoms with E-state index in [0.29, 0.717) is 18.0 Å². The Labute approximate surface area is 110 Å². The molecular weight excluding hydrogens is 248 g/mol. The Morgan fingerprint density at radius 2 is 2.39 bits per heavy atom. The van der Waals surface area contributed by atoms with E-state index in [2.05, 4.69) is 29.5 Å². The highest BCUT2D eigenvalue weighted by molar-refractivity contribution is 7.08. The molecule has 2 rings (SSSR count). The predicted octanol–water partition coefficient (Wildman–Crippen LogP) is 1.79. The van der Waals surface area contributed by atoms with E-state index in [-0.39, 0.29) is 11.9 Å². The van der Waals surface area contributed by atoms with Gasteiger partial charge in [0, 0.05) is 17.1 Å². The number of hydrogen-bond acceptors (Lipinski definition) is 4. The minimum atomic E-state index is -0.0323. The smallest absolute Gasteiger partial charge is 0.252 e. The van der Waals surface area contributed by atoms with Gasteiger partial charge in [0.15, 0.2) is 0 Å². The first-order valence-electron chi connectivity index (χ1n) is 5.84. The van der Waals surface area contributed by atoms with E-state index in [1.165, 1.54) is 11.3 Å². The van der Waals surface area contributed by atoms with Gasteiger partial charge in [0.25, 0.3) is 5.91 Å². The van der Waals surface area contributed by atoms with Crippen LogP contribution in [0.5, 0.6) is 0 Å². The van der Waals surface area contributed by atoms with Crippen molar-refractivity contribution in [2.45, 2.75) is 26.4 Å². The van der Waals surface area contributed by atoms with E-state index in [4.69, 9.17) is 0 Å². The van der Waals surface area contributed by atoms with Crippen molar-refractivity contribution in [1.29, 1.82) is 0 Å². The Balaban J connectivity index is 2.00. The van der Waals surface area contributed by atoms with Crippen molar-refractivity contribution < 1.29 is 4.79 Å². The Kier molecular flexibility index (Phi) is 4.09. The van der Waals surface area contributed by atoms with Gasteiger partial charge in [0.2, 0.25) is 0 Å². The van der Waals surface area contributed by atoms with Crippen LogP contribution in [0, 0.1) is 5.92 Å². The molecule has 0 unspecified atom stereocenters. The average Bonchev–Trinajstić information content (AvgIpc) is 3.00. The van der Waals surface area contributed by atoms with Crippen molar-refractivity contribution in [2.24, 2.45) is 5.92 Å². The molecule has 0 saturated heterocycles. The number of thiophene rings is 1. The molecule has 0 radical (unpaired) electrons. The van der Waals surface area contributed by atoms with Gasteiger partial charge in [-0.05, 0) is 17.4 Å². The van der Waals surface area contributed by atoms with Crippen molar-refractivity contribution in [3.63, 3.8) is 0 Å². The fraction of sp³-hybridized carbons (Fsp3) is 0.417. The molecule has 0 saturated carbocycles. The van der Waals surface area contributed by atoms with E-state index in [1.807, 2.05) is 16.8 Å². The van der Waals surface area contributed by atoms with E-state index >= 15 is 0 Å². The molecule has 1 amide bonds. The maximum absolute atomic E-state index is 12.0. The zero-order valence-corrected chi connectivity index (χ0v) is 11.2. The number of nitrogens with one attached hydrogen (secondary N) is 1. The zero-order chi connectivity index (χ0) is 13.0. The summed E-state index contributed by atoms with van der Waals surface area (Å²) < 4.78 is 1.73. The van der Waals surface area contributed by atoms with Crippen LogP contribution in [-0.2, 0) is 6.54 Å². The summed E-state index contributed by atoms with van der Waals surface area (Å²) in [5.74, 6) is 0.298. The molecule has 1 N–H and O–H groups in total. The molecular formula is C12H16N4OS. The summed E-state index contributed by atoms with van der Waals surface area (Å²) in [7, 11) is 0. The molecule has 2 heterocycles. The van der Waals surface area contributed by atoms with Gasteiger partial charge in [-0.15, -0.1) is 5.10 Å². The summed E-state index contributed by atoms with van der Waals surface area (Å²) in [5, 5.41) is 14.5. The molecule has 0 fully saturated rings. The number of rotatable bonds is 5. The van der Waals surface area contributed by atoms with Gasteiger partial charge in [-0.2, -0.15) is 11.3 Å². The van der Waals surface area contributed by atoms with E-state index in [1.54, 1.807) is 17.1 Å². The highest BCUT2D eigenvalue weighted by atomic mass is 32.1. The summed E-state index contributed by atoms with van der Waals surface area (Å²) in [5.41, 5.74) is 0.712. The van der Waals surface area contributed by atoms with Crippen LogP contribution in [-0.4, -0.2) is 26.9 Å². The van der Waals surface area contributed by atoms with Crippen molar-refractivity contribution in [3.05, 3.63) is 34.8 Å². The predicted molar refractivity (Wildman–Crippen MR) is 70.4 cm³/mol. The largest absolute Gasteiger partial charge is 0.347 e. The molecule has 5 nitrogen and oxygen atoms in total. The van der Waals surface area contributed by atoms with Crippen LogP contribution in [0.15, 0.2) is 29.2 Å². The fourth-order valence-corrected chi connectivity index (χ4v) is 2.24. The standard InChI is InChI=1S/C12H16N4OS/c1-9(2)11(7-16-5-4-13-15-16)14-12(17)10-3-6-18-8-10/h3-6,8-9,11H,7H2,1-2H3,(H,14,17)/t11-/m1/s1. The van der Waals surface area contributed by atoms with Crippen LogP contribution in [0.4, 0.5) is 0 Å². The normalized spacial score (nSPS) is 12.6. The average molecular weight is 264 g/mol. The van der Waals surface area contributed by atoms with Gasteiger partial charge in [0.1, 0.15) is 0 Å². The summed E-state index contributed by atoms with van der Waals surface area (Å²) in [4.78, 5) is 12.0. The first-order chi connectivity index (χ1) is 8.66. The molecule has 0 aliphatic heterocycles. The third-order valence-corrected chi connectivity index (χ3v) is 3.44. The van der Waals surface area contributed by atoms with Gasteiger partial charge >= 0.3 is 0 Å². The molecule has 0 aliphatic rings. The van der Waals surface area contributed by atoms with Crippen LogP contribution in [0.1, 0.15) is 24.2 Å². The van der Waals surface area contributed by atoms with Crippen LogP contribution in [0.2, 0.25) is 0 Å². The zero-order valence-electron chi connectivity index (χ0n) is 10.4. The number of carbonyl (C=O) groups excluding carboxylic acids is 1. The van der Waals surface area contributed by atoms with Crippen molar-refractivity contribution in [1.82, 2.24) is 20.3 Å². The monoisotopic (exact) mass is 264 g/mol. The molecule has 0 bridgehead atoms. The minimum absolute atomic E-state index is 0.0323. The molecule has 0 spiro atoms. The van der Waals surface area contributed by atoms with Gasteiger partial charge < -0.3 is 5.32 Å². The molecule has 1 atom stereocenters. The van der Waals surface area contributed by atoms with Gasteiger partial charge in [0.05, 0.1) is 18.8 Å². The lowest BCUT2D eigenvalue weighted by molar-refractivity contribution is 0.0919. The summed E-state index contributed by atoms with van der Waals surface area (Å²) in [6.45, 7) is 4.79. The van der Waals surface area contributed by atoms with Gasteiger partial charge in [-0.1, -0.05) is 19.1 Å². The Hall–Kier alpha value is -1.69. The second-order valence-corrected chi connectivity index (χ2v) is 5.24. The van der Waals surface area contributed by atoms with Crippen molar-refractivity contribution in [3.8, 4) is 0 Å². The molecule has 2 aromatic heterocycles. The SMILES string of the molecule is CC(C)[C@@H](Cn1ccnn1)NC(=O)c1ccsc1. The molecule has 0 aliphatic carbocycles. The number of hydrogen-bond donors (Lipinski definition) is 1. The van der Waals surface area contributed by atoms with Gasteiger partial charge in [-0.3, -0.25) is 9.48 Å². The van der Waals surface area contributed by atoms with E-state index < -0.39 is 0 Å². The highest BCUT2D eigenvalue weighted by Crippen LogP contribution is 2.09. The summed E-state index contributed by atoms with van der Waals surface area (Å²) in [6.07, 6.45) is 3.43. The first kappa shape index (κ1) is 12.8. The lowest BCUT2D eigenvalue weighted by Crippen LogP contribution is -2.41. The number of nitrogens with zero attached hydrogens (tertiary/aromatic N) is 3. The number of amides is 1. The Morgan fingerprint density at radius 3 is 2.94 bits per heavy atom. The first-order valence-corrected chi connectivity index (χ1v) is 6.78. The lowest BCUT2D eigenvalue weighted by Gasteiger charge is -2.21. The van der Waals surface area contributed by atoms with Crippen molar-refractivity contribution >= 4 is 17.2 Å². The van der Waals surface area contributed by atoms with Crippen molar-refractivity contribution in [2.75, 3.05) is 0 Å². The second kappa shape index (κ2) is 5.77. The van der Waals surface area contributed by atoms with Crippen LogP contribution < -0.4 is 5.32 Å². The topological polar surface area (TPSA) is 59.8 Å². The summed E-state index contributed by atoms with van der Waals surface area (Å²) in [6, 6.07) is 1.87. The molecule has 2 aromatic rings. The summed E-state index contributed by atoms with van der Waals surface area (Å²) >= 11 is 1.52.